The highest BCUT2D eigenvalue weighted by atomic mass is 32.1. The topological polar surface area (TPSA) is 28.2 Å². The minimum absolute atomic E-state index is 0.227. The molecule has 1 aliphatic rings. The molecular formula is C17H25N3S. The van der Waals surface area contributed by atoms with Crippen LogP contribution in [0.25, 0.3) is 10.9 Å². The Bertz CT molecular complexity index is 591. The monoisotopic (exact) mass is 303 g/mol. The third-order valence-corrected chi connectivity index (χ3v) is 5.13. The van der Waals surface area contributed by atoms with Gasteiger partial charge in [0.1, 0.15) is 5.00 Å². The molecule has 3 rings (SSSR count). The fourth-order valence-electron chi connectivity index (χ4n) is 2.89. The van der Waals surface area contributed by atoms with Crippen LogP contribution in [0.15, 0.2) is 24.3 Å². The summed E-state index contributed by atoms with van der Waals surface area (Å²) < 4.78 is 4.57. The van der Waals surface area contributed by atoms with Gasteiger partial charge in [-0.3, -0.25) is 0 Å². The quantitative estimate of drug-likeness (QED) is 0.932. The van der Waals surface area contributed by atoms with Crippen molar-refractivity contribution in [1.29, 1.82) is 0 Å². The fraction of sp³-hybridized carbons (Fsp3) is 0.588. The van der Waals surface area contributed by atoms with Gasteiger partial charge in [-0.05, 0) is 69.7 Å². The van der Waals surface area contributed by atoms with E-state index in [0.717, 1.165) is 31.1 Å². The highest BCUT2D eigenvalue weighted by molar-refractivity contribution is 7.11. The molecule has 2 heterocycles. The number of nitrogens with zero attached hydrogens (tertiary/aromatic N) is 2. The first-order valence-electron chi connectivity index (χ1n) is 7.87. The van der Waals surface area contributed by atoms with Crippen molar-refractivity contribution in [2.75, 3.05) is 24.5 Å². The predicted molar refractivity (Wildman–Crippen MR) is 92.3 cm³/mol. The van der Waals surface area contributed by atoms with E-state index in [1.54, 1.807) is 11.5 Å². The molecule has 1 N–H and O–H groups in total. The van der Waals surface area contributed by atoms with Gasteiger partial charge in [-0.25, -0.2) is 0 Å². The molecule has 4 heteroatoms. The van der Waals surface area contributed by atoms with E-state index in [-0.39, 0.29) is 5.54 Å². The third kappa shape index (κ3) is 3.55. The lowest BCUT2D eigenvalue weighted by atomic mass is 9.95. The molecule has 1 saturated heterocycles. The van der Waals surface area contributed by atoms with Gasteiger partial charge in [0.15, 0.2) is 0 Å². The fourth-order valence-corrected chi connectivity index (χ4v) is 3.81. The van der Waals surface area contributed by atoms with Crippen molar-refractivity contribution in [2.24, 2.45) is 5.92 Å². The number of aromatic nitrogens is 1. The summed E-state index contributed by atoms with van der Waals surface area (Å²) in [6.45, 7) is 10.2. The third-order valence-electron chi connectivity index (χ3n) is 4.19. The van der Waals surface area contributed by atoms with E-state index in [2.05, 4.69) is 59.6 Å². The lowest BCUT2D eigenvalue weighted by Crippen LogP contribution is -2.42. The predicted octanol–water partition coefficient (Wildman–Crippen LogP) is 3.90. The van der Waals surface area contributed by atoms with Crippen LogP contribution in [-0.4, -0.2) is 29.5 Å². The maximum Gasteiger partial charge on any atom is 0.119 e. The molecule has 0 radical (unpaired) electrons. The first-order chi connectivity index (χ1) is 10.0. The molecule has 1 aromatic carbocycles. The van der Waals surface area contributed by atoms with Crippen molar-refractivity contribution >= 4 is 27.4 Å². The Balaban J connectivity index is 1.61. The SMILES string of the molecule is CC(C)(C)NCC1CCN(c2snc3ccccc23)CC1. The molecule has 0 bridgehead atoms. The number of rotatable bonds is 3. The number of hydrogen-bond acceptors (Lipinski definition) is 4. The molecule has 1 aromatic heterocycles. The highest BCUT2D eigenvalue weighted by Crippen LogP contribution is 2.33. The molecule has 0 amide bonds. The van der Waals surface area contributed by atoms with Crippen molar-refractivity contribution in [1.82, 2.24) is 9.69 Å². The molecule has 1 aliphatic heterocycles. The molecule has 3 nitrogen and oxygen atoms in total. The van der Waals surface area contributed by atoms with Crippen LogP contribution in [0.5, 0.6) is 0 Å². The lowest BCUT2D eigenvalue weighted by Gasteiger charge is -2.34. The molecule has 2 aromatic rings. The molecule has 21 heavy (non-hydrogen) atoms. The zero-order valence-corrected chi connectivity index (χ0v) is 14.0. The van der Waals surface area contributed by atoms with Crippen molar-refractivity contribution in [3.05, 3.63) is 24.3 Å². The van der Waals surface area contributed by atoms with Gasteiger partial charge in [0, 0.05) is 24.0 Å². The van der Waals surface area contributed by atoms with Crippen LogP contribution in [0.3, 0.4) is 0 Å². The molecule has 114 valence electrons. The van der Waals surface area contributed by atoms with E-state index in [1.807, 2.05) is 0 Å². The normalized spacial score (nSPS) is 17.6. The molecule has 0 saturated carbocycles. The molecular weight excluding hydrogens is 278 g/mol. The van der Waals surface area contributed by atoms with Gasteiger partial charge in [-0.15, -0.1) is 0 Å². The second-order valence-electron chi connectivity index (χ2n) is 7.07. The summed E-state index contributed by atoms with van der Waals surface area (Å²) in [6.07, 6.45) is 2.55. The smallest absolute Gasteiger partial charge is 0.119 e. The summed E-state index contributed by atoms with van der Waals surface area (Å²) >= 11 is 1.65. The van der Waals surface area contributed by atoms with E-state index in [9.17, 15) is 0 Å². The zero-order valence-electron chi connectivity index (χ0n) is 13.2. The van der Waals surface area contributed by atoms with Crippen molar-refractivity contribution < 1.29 is 0 Å². The first kappa shape index (κ1) is 14.8. The van der Waals surface area contributed by atoms with Gasteiger partial charge in [0.25, 0.3) is 0 Å². The maximum atomic E-state index is 4.57. The number of nitrogens with one attached hydrogen (secondary N) is 1. The summed E-state index contributed by atoms with van der Waals surface area (Å²) in [7, 11) is 0. The summed E-state index contributed by atoms with van der Waals surface area (Å²) in [4.78, 5) is 2.52. The average molecular weight is 303 g/mol. The zero-order chi connectivity index (χ0) is 14.9. The minimum Gasteiger partial charge on any atom is -0.362 e. The van der Waals surface area contributed by atoms with E-state index in [0.29, 0.717) is 0 Å². The van der Waals surface area contributed by atoms with Crippen LogP contribution in [0.1, 0.15) is 33.6 Å². The van der Waals surface area contributed by atoms with E-state index in [4.69, 9.17) is 0 Å². The van der Waals surface area contributed by atoms with Crippen molar-refractivity contribution in [3.63, 3.8) is 0 Å². The van der Waals surface area contributed by atoms with Crippen LogP contribution < -0.4 is 10.2 Å². The molecule has 0 unspecified atom stereocenters. The van der Waals surface area contributed by atoms with Gasteiger partial charge in [0.05, 0.1) is 5.52 Å². The molecule has 1 fully saturated rings. The standard InChI is InChI=1S/C17H25N3S/c1-17(2,3)18-12-13-8-10-20(11-9-13)16-14-6-4-5-7-15(14)19-21-16/h4-7,13,18H,8-12H2,1-3H3. The van der Waals surface area contributed by atoms with Gasteiger partial charge in [-0.2, -0.15) is 4.37 Å². The Labute approximate surface area is 131 Å². The van der Waals surface area contributed by atoms with Crippen molar-refractivity contribution in [3.8, 4) is 0 Å². The number of anilines is 1. The molecule has 0 atom stereocenters. The lowest BCUT2D eigenvalue weighted by molar-refractivity contribution is 0.329. The number of benzene rings is 1. The average Bonchev–Trinajstić information content (AvgIpc) is 2.89. The van der Waals surface area contributed by atoms with E-state index in [1.165, 1.54) is 23.2 Å². The Morgan fingerprint density at radius 2 is 1.95 bits per heavy atom. The highest BCUT2D eigenvalue weighted by Gasteiger charge is 2.23. The van der Waals surface area contributed by atoms with E-state index < -0.39 is 0 Å². The molecule has 0 aliphatic carbocycles. The Hall–Kier alpha value is -1.13. The van der Waals surface area contributed by atoms with E-state index >= 15 is 0 Å². The van der Waals surface area contributed by atoms with Crippen LogP contribution in [0.2, 0.25) is 0 Å². The van der Waals surface area contributed by atoms with Crippen LogP contribution in [0.4, 0.5) is 5.00 Å². The Morgan fingerprint density at radius 1 is 1.24 bits per heavy atom. The second-order valence-corrected chi connectivity index (χ2v) is 7.82. The second kappa shape index (κ2) is 5.93. The van der Waals surface area contributed by atoms with Crippen LogP contribution >= 0.6 is 11.5 Å². The number of piperidine rings is 1. The summed E-state index contributed by atoms with van der Waals surface area (Å²) in [5.74, 6) is 0.805. The Morgan fingerprint density at radius 3 is 2.67 bits per heavy atom. The number of fused-ring (bicyclic) bond motifs is 1. The maximum absolute atomic E-state index is 4.57. The van der Waals surface area contributed by atoms with Crippen molar-refractivity contribution in [2.45, 2.75) is 39.2 Å². The largest absolute Gasteiger partial charge is 0.362 e. The van der Waals surface area contributed by atoms with Gasteiger partial charge in [-0.1, -0.05) is 12.1 Å². The van der Waals surface area contributed by atoms with Gasteiger partial charge < -0.3 is 10.2 Å². The minimum atomic E-state index is 0.227. The number of hydrogen-bond donors (Lipinski definition) is 1. The Kier molecular flexibility index (Phi) is 4.18. The molecule has 0 spiro atoms. The van der Waals surface area contributed by atoms with Crippen LogP contribution in [-0.2, 0) is 0 Å². The van der Waals surface area contributed by atoms with Crippen LogP contribution in [0, 0.1) is 5.92 Å². The first-order valence-corrected chi connectivity index (χ1v) is 8.65. The summed E-state index contributed by atoms with van der Waals surface area (Å²) in [5.41, 5.74) is 1.36. The van der Waals surface area contributed by atoms with Gasteiger partial charge >= 0.3 is 0 Å². The van der Waals surface area contributed by atoms with Gasteiger partial charge in [0.2, 0.25) is 0 Å². The summed E-state index contributed by atoms with van der Waals surface area (Å²) in [5, 5.41) is 6.31. The summed E-state index contributed by atoms with van der Waals surface area (Å²) in [6, 6.07) is 8.48.